The average Bonchev–Trinajstić information content (AvgIpc) is 2.82. The van der Waals surface area contributed by atoms with Crippen LogP contribution in [0.1, 0.15) is 16.0 Å². The molecule has 1 aromatic heterocycles. The number of nitrogens with one attached hydrogen (secondary N) is 1. The van der Waals surface area contributed by atoms with Gasteiger partial charge >= 0.3 is 0 Å². The Hall–Kier alpha value is -1.68. The maximum absolute atomic E-state index is 12.1. The molecule has 2 rings (SSSR count). The topological polar surface area (TPSA) is 70.0 Å². The molecule has 0 saturated carbocycles. The molecule has 0 unspecified atom stereocenters. The first kappa shape index (κ1) is 13.7. The van der Waals surface area contributed by atoms with E-state index in [9.17, 15) is 8.42 Å². The van der Waals surface area contributed by atoms with Gasteiger partial charge in [-0.25, -0.2) is 13.1 Å². The van der Waals surface area contributed by atoms with Gasteiger partial charge in [-0.3, -0.25) is 0 Å². The number of benzene rings is 1. The summed E-state index contributed by atoms with van der Waals surface area (Å²) >= 11 is 1.51. The number of nitrogens with zero attached hydrogens (tertiary/aromatic N) is 1. The third kappa shape index (κ3) is 3.20. The van der Waals surface area contributed by atoms with E-state index in [-0.39, 0.29) is 11.4 Å². The molecule has 1 N–H and O–H groups in total. The van der Waals surface area contributed by atoms with E-state index in [0.717, 1.165) is 10.4 Å². The maximum atomic E-state index is 12.1. The lowest BCUT2D eigenvalue weighted by Gasteiger charge is -2.06. The summed E-state index contributed by atoms with van der Waals surface area (Å²) in [5.74, 6) is 0. The molecule has 6 heteroatoms. The quantitative estimate of drug-likeness (QED) is 0.940. The van der Waals surface area contributed by atoms with E-state index in [4.69, 9.17) is 5.26 Å². The number of sulfonamides is 1. The minimum atomic E-state index is -3.58. The van der Waals surface area contributed by atoms with Crippen molar-refractivity contribution in [3.05, 3.63) is 51.7 Å². The summed E-state index contributed by atoms with van der Waals surface area (Å²) in [6, 6.07) is 9.85. The van der Waals surface area contributed by atoms with Crippen LogP contribution in [-0.4, -0.2) is 8.42 Å². The molecule has 98 valence electrons. The molecule has 0 amide bonds. The lowest BCUT2D eigenvalue weighted by molar-refractivity contribution is 0.581. The van der Waals surface area contributed by atoms with Crippen molar-refractivity contribution in [3.63, 3.8) is 0 Å². The smallest absolute Gasteiger partial charge is 0.207 e. The van der Waals surface area contributed by atoms with Crippen molar-refractivity contribution in [2.24, 2.45) is 0 Å². The van der Waals surface area contributed by atoms with Gasteiger partial charge in [-0.05, 0) is 42.1 Å². The van der Waals surface area contributed by atoms with Gasteiger partial charge in [0.15, 0.2) is 0 Å². The van der Waals surface area contributed by atoms with Gasteiger partial charge in [0.05, 0.1) is 16.5 Å². The van der Waals surface area contributed by atoms with Crippen molar-refractivity contribution in [1.29, 1.82) is 5.26 Å². The highest BCUT2D eigenvalue weighted by Crippen LogP contribution is 2.17. The molecule has 0 aliphatic carbocycles. The summed E-state index contributed by atoms with van der Waals surface area (Å²) in [6.07, 6.45) is 0. The standard InChI is InChI=1S/C13H12N2O2S2/c1-10-5-6-18-13(10)9-15-19(16,17)12-4-2-3-11(7-12)8-14/h2-7,15H,9H2,1H3. The highest BCUT2D eigenvalue weighted by molar-refractivity contribution is 7.89. The largest absolute Gasteiger partial charge is 0.240 e. The van der Waals surface area contributed by atoms with E-state index in [1.807, 2.05) is 24.4 Å². The van der Waals surface area contributed by atoms with Gasteiger partial charge in [-0.15, -0.1) is 11.3 Å². The zero-order valence-corrected chi connectivity index (χ0v) is 11.9. The van der Waals surface area contributed by atoms with Crippen LogP contribution < -0.4 is 4.72 Å². The molecule has 19 heavy (non-hydrogen) atoms. The van der Waals surface area contributed by atoms with Crippen LogP contribution in [0, 0.1) is 18.3 Å². The molecule has 0 aliphatic rings. The van der Waals surface area contributed by atoms with Gasteiger partial charge in [0, 0.05) is 11.4 Å². The second kappa shape index (κ2) is 5.53. The lowest BCUT2D eigenvalue weighted by atomic mass is 10.2. The van der Waals surface area contributed by atoms with Crippen LogP contribution >= 0.6 is 11.3 Å². The first-order chi connectivity index (χ1) is 9.03. The van der Waals surface area contributed by atoms with Crippen LogP contribution in [-0.2, 0) is 16.6 Å². The molecule has 0 fully saturated rings. The van der Waals surface area contributed by atoms with Gasteiger partial charge in [0.1, 0.15) is 0 Å². The summed E-state index contributed by atoms with van der Waals surface area (Å²) in [5.41, 5.74) is 1.40. The van der Waals surface area contributed by atoms with Crippen LogP contribution in [0.2, 0.25) is 0 Å². The summed E-state index contributed by atoms with van der Waals surface area (Å²) in [5, 5.41) is 10.7. The molecule has 0 spiro atoms. The monoisotopic (exact) mass is 292 g/mol. The molecule has 1 aromatic carbocycles. The maximum Gasteiger partial charge on any atom is 0.240 e. The molecular weight excluding hydrogens is 280 g/mol. The van der Waals surface area contributed by atoms with E-state index in [2.05, 4.69) is 4.72 Å². The van der Waals surface area contributed by atoms with Crippen LogP contribution in [0.5, 0.6) is 0 Å². The summed E-state index contributed by atoms with van der Waals surface area (Å²) in [4.78, 5) is 1.10. The normalized spacial score (nSPS) is 11.2. The highest BCUT2D eigenvalue weighted by Gasteiger charge is 2.14. The third-order valence-corrected chi connectivity index (χ3v) is 5.09. The van der Waals surface area contributed by atoms with Gasteiger partial charge in [0.2, 0.25) is 10.0 Å². The van der Waals surface area contributed by atoms with E-state index in [1.165, 1.54) is 23.5 Å². The molecule has 0 saturated heterocycles. The van der Waals surface area contributed by atoms with E-state index in [0.29, 0.717) is 5.56 Å². The fraction of sp³-hybridized carbons (Fsp3) is 0.154. The average molecular weight is 292 g/mol. The Balaban J connectivity index is 2.19. The Morgan fingerprint density at radius 3 is 2.79 bits per heavy atom. The van der Waals surface area contributed by atoms with Crippen molar-refractivity contribution < 1.29 is 8.42 Å². The van der Waals surface area contributed by atoms with Gasteiger partial charge in [-0.2, -0.15) is 5.26 Å². The fourth-order valence-corrected chi connectivity index (χ4v) is 3.54. The first-order valence-electron chi connectivity index (χ1n) is 5.56. The third-order valence-electron chi connectivity index (χ3n) is 2.66. The Labute approximate surface area is 116 Å². The van der Waals surface area contributed by atoms with Crippen LogP contribution in [0.4, 0.5) is 0 Å². The SMILES string of the molecule is Cc1ccsc1CNS(=O)(=O)c1cccc(C#N)c1. The number of aryl methyl sites for hydroxylation is 1. The number of thiophene rings is 1. The Morgan fingerprint density at radius 1 is 1.37 bits per heavy atom. The number of hydrogen-bond donors (Lipinski definition) is 1. The molecule has 0 bridgehead atoms. The van der Waals surface area contributed by atoms with Crippen molar-refractivity contribution in [2.45, 2.75) is 18.4 Å². The number of hydrogen-bond acceptors (Lipinski definition) is 4. The van der Waals surface area contributed by atoms with Crippen molar-refractivity contribution in [2.75, 3.05) is 0 Å². The lowest BCUT2D eigenvalue weighted by Crippen LogP contribution is -2.23. The number of rotatable bonds is 4. The Kier molecular flexibility index (Phi) is 4.00. The zero-order valence-electron chi connectivity index (χ0n) is 10.3. The number of nitriles is 1. The van der Waals surface area contributed by atoms with E-state index >= 15 is 0 Å². The van der Waals surface area contributed by atoms with E-state index in [1.54, 1.807) is 12.1 Å². The van der Waals surface area contributed by atoms with Crippen LogP contribution in [0.25, 0.3) is 0 Å². The summed E-state index contributed by atoms with van der Waals surface area (Å²) in [6.45, 7) is 2.21. The van der Waals surface area contributed by atoms with Crippen molar-refractivity contribution >= 4 is 21.4 Å². The minimum Gasteiger partial charge on any atom is -0.207 e. The Bertz CT molecular complexity index is 727. The molecule has 0 radical (unpaired) electrons. The van der Waals surface area contributed by atoms with Gasteiger partial charge < -0.3 is 0 Å². The van der Waals surface area contributed by atoms with Gasteiger partial charge in [0.25, 0.3) is 0 Å². The second-order valence-corrected chi connectivity index (χ2v) is 6.76. The van der Waals surface area contributed by atoms with Crippen LogP contribution in [0.3, 0.4) is 0 Å². The van der Waals surface area contributed by atoms with Crippen LogP contribution in [0.15, 0.2) is 40.6 Å². The molecule has 2 aromatic rings. The second-order valence-electron chi connectivity index (χ2n) is 3.99. The van der Waals surface area contributed by atoms with E-state index < -0.39 is 10.0 Å². The zero-order chi connectivity index (χ0) is 13.9. The molecule has 0 aliphatic heterocycles. The summed E-state index contributed by atoms with van der Waals surface area (Å²) < 4.78 is 26.7. The fourth-order valence-electron chi connectivity index (χ4n) is 1.56. The van der Waals surface area contributed by atoms with Gasteiger partial charge in [-0.1, -0.05) is 6.07 Å². The Morgan fingerprint density at radius 2 is 2.16 bits per heavy atom. The van der Waals surface area contributed by atoms with Crippen molar-refractivity contribution in [3.8, 4) is 6.07 Å². The summed E-state index contributed by atoms with van der Waals surface area (Å²) in [7, 11) is -3.58. The van der Waals surface area contributed by atoms with Crippen molar-refractivity contribution in [1.82, 2.24) is 4.72 Å². The predicted molar refractivity (Wildman–Crippen MR) is 74.2 cm³/mol. The first-order valence-corrected chi connectivity index (χ1v) is 7.92. The predicted octanol–water partition coefficient (Wildman–Crippen LogP) is 2.41. The molecular formula is C13H12N2O2S2. The minimum absolute atomic E-state index is 0.112. The molecule has 0 atom stereocenters. The highest BCUT2D eigenvalue weighted by atomic mass is 32.2. The molecule has 4 nitrogen and oxygen atoms in total. The molecule has 1 heterocycles.